The average molecular weight is 409 g/mol. The molecule has 154 valence electrons. The molecular weight excluding hydrogens is 383 g/mol. The topological polar surface area (TPSA) is 110 Å². The predicted molar refractivity (Wildman–Crippen MR) is 105 cm³/mol. The van der Waals surface area contributed by atoms with Crippen molar-refractivity contribution in [2.45, 2.75) is 65.3 Å². The summed E-state index contributed by atoms with van der Waals surface area (Å²) in [6.45, 7) is 13.1. The van der Waals surface area contributed by atoms with Gasteiger partial charge in [0.15, 0.2) is 0 Å². The quantitative estimate of drug-likeness (QED) is 0.741. The summed E-state index contributed by atoms with van der Waals surface area (Å²) >= 11 is 0.963. The number of carbonyl (C=O) groups is 2. The van der Waals surface area contributed by atoms with Crippen LogP contribution in [0.1, 0.15) is 64.0 Å². The number of nitrogens with one attached hydrogen (secondary N) is 1. The molecule has 0 saturated carbocycles. The maximum absolute atomic E-state index is 12.0. The normalized spacial score (nSPS) is 18.8. The van der Waals surface area contributed by atoms with Gasteiger partial charge in [-0.1, -0.05) is 0 Å². The van der Waals surface area contributed by atoms with Crippen LogP contribution in [-0.4, -0.2) is 47.5 Å². The van der Waals surface area contributed by atoms with Crippen molar-refractivity contribution in [1.29, 1.82) is 0 Å². The molecule has 1 N–H and O–H groups in total. The van der Waals surface area contributed by atoms with E-state index in [1.54, 1.807) is 32.2 Å². The second-order valence-electron chi connectivity index (χ2n) is 8.53. The van der Waals surface area contributed by atoms with Gasteiger partial charge in [-0.05, 0) is 60.0 Å². The first-order valence-corrected chi connectivity index (χ1v) is 9.78. The van der Waals surface area contributed by atoms with Gasteiger partial charge in [0, 0.05) is 11.9 Å². The van der Waals surface area contributed by atoms with Crippen LogP contribution in [0.5, 0.6) is 0 Å². The van der Waals surface area contributed by atoms with E-state index in [0.29, 0.717) is 11.2 Å². The van der Waals surface area contributed by atoms with Crippen molar-refractivity contribution in [2.24, 2.45) is 0 Å². The summed E-state index contributed by atoms with van der Waals surface area (Å²) in [6.07, 6.45) is 1.06. The standard InChI is InChI=1S/C18H27BN2O6S/c1-16(2,3)25-15(24)20-9-11(8-12-10-28-13(21-12)14(22)23)19-26-17(4,5)18(6,7)27-19/h8,10H,9H2,1-7H3,(H,20,24)(H,22,23)/p-1. The Balaban J connectivity index is 2.24. The van der Waals surface area contributed by atoms with Gasteiger partial charge in [0.2, 0.25) is 0 Å². The van der Waals surface area contributed by atoms with E-state index < -0.39 is 36.0 Å². The van der Waals surface area contributed by atoms with E-state index in [1.165, 1.54) is 0 Å². The lowest BCUT2D eigenvalue weighted by atomic mass is 9.77. The lowest BCUT2D eigenvalue weighted by Crippen LogP contribution is -2.41. The van der Waals surface area contributed by atoms with Crippen molar-refractivity contribution >= 4 is 36.6 Å². The number of carbonyl (C=O) groups excluding carboxylic acids is 2. The van der Waals surface area contributed by atoms with Crippen LogP contribution < -0.4 is 10.4 Å². The molecule has 1 aromatic rings. The molecule has 10 heteroatoms. The van der Waals surface area contributed by atoms with Crippen LogP contribution in [0.15, 0.2) is 10.9 Å². The summed E-state index contributed by atoms with van der Waals surface area (Å²) in [4.78, 5) is 27.0. The van der Waals surface area contributed by atoms with Crippen molar-refractivity contribution in [3.05, 3.63) is 21.6 Å². The number of carboxylic acids is 1. The number of hydrogen-bond acceptors (Lipinski definition) is 8. The molecule has 1 aliphatic heterocycles. The first-order valence-electron chi connectivity index (χ1n) is 8.90. The third kappa shape index (κ3) is 5.56. The number of hydrogen-bond donors (Lipinski definition) is 1. The van der Waals surface area contributed by atoms with Gasteiger partial charge in [0.25, 0.3) is 0 Å². The van der Waals surface area contributed by atoms with Gasteiger partial charge in [-0.2, -0.15) is 0 Å². The molecule has 1 saturated heterocycles. The SMILES string of the molecule is CC(C)(C)OC(=O)NCC(=Cc1csc(C(=O)[O-])n1)B1OC(C)(C)C(C)(C)O1. The number of thiazole rings is 1. The second-order valence-corrected chi connectivity index (χ2v) is 9.39. The average Bonchev–Trinajstić information content (AvgIpc) is 3.04. The summed E-state index contributed by atoms with van der Waals surface area (Å²) in [6, 6.07) is 0. The van der Waals surface area contributed by atoms with Crippen molar-refractivity contribution in [3.8, 4) is 0 Å². The molecule has 2 heterocycles. The van der Waals surface area contributed by atoms with Crippen LogP contribution >= 0.6 is 11.3 Å². The van der Waals surface area contributed by atoms with Crippen molar-refractivity contribution < 1.29 is 28.7 Å². The molecule has 8 nitrogen and oxygen atoms in total. The number of rotatable bonds is 5. The molecule has 0 unspecified atom stereocenters. The molecule has 0 spiro atoms. The zero-order valence-corrected chi connectivity index (χ0v) is 18.1. The van der Waals surface area contributed by atoms with E-state index in [-0.39, 0.29) is 11.6 Å². The monoisotopic (exact) mass is 409 g/mol. The molecule has 0 radical (unpaired) electrons. The smallest absolute Gasteiger partial charge is 0.492 e. The van der Waals surface area contributed by atoms with Gasteiger partial charge >= 0.3 is 13.2 Å². The van der Waals surface area contributed by atoms with Crippen LogP contribution in [0.25, 0.3) is 6.08 Å². The summed E-state index contributed by atoms with van der Waals surface area (Å²) < 4.78 is 17.4. The van der Waals surface area contributed by atoms with Crippen LogP contribution in [0.3, 0.4) is 0 Å². The zero-order chi connectivity index (χ0) is 21.3. The summed E-state index contributed by atoms with van der Waals surface area (Å²) in [7, 11) is -0.729. The summed E-state index contributed by atoms with van der Waals surface area (Å²) in [5, 5.41) is 15.1. The lowest BCUT2D eigenvalue weighted by molar-refractivity contribution is -0.255. The van der Waals surface area contributed by atoms with Gasteiger partial charge in [0.1, 0.15) is 16.6 Å². The zero-order valence-electron chi connectivity index (χ0n) is 17.2. The van der Waals surface area contributed by atoms with Gasteiger partial charge in [-0.3, -0.25) is 0 Å². The Morgan fingerprint density at radius 1 is 1.29 bits per heavy atom. The van der Waals surface area contributed by atoms with E-state index in [9.17, 15) is 14.7 Å². The molecule has 1 aromatic heterocycles. The van der Waals surface area contributed by atoms with Crippen LogP contribution in [-0.2, 0) is 14.0 Å². The lowest BCUT2D eigenvalue weighted by Gasteiger charge is -2.32. The molecule has 0 atom stereocenters. The molecule has 0 bridgehead atoms. The van der Waals surface area contributed by atoms with E-state index in [1.807, 2.05) is 27.7 Å². The van der Waals surface area contributed by atoms with Crippen LogP contribution in [0.4, 0.5) is 4.79 Å². The molecule has 2 rings (SSSR count). The van der Waals surface area contributed by atoms with Crippen molar-refractivity contribution in [2.75, 3.05) is 6.54 Å². The minimum Gasteiger partial charge on any atom is -0.542 e. The van der Waals surface area contributed by atoms with E-state index in [0.717, 1.165) is 11.3 Å². The highest BCUT2D eigenvalue weighted by atomic mass is 32.1. The highest BCUT2D eigenvalue weighted by Gasteiger charge is 2.52. The Morgan fingerprint density at radius 3 is 2.32 bits per heavy atom. The summed E-state index contributed by atoms with van der Waals surface area (Å²) in [5.41, 5.74) is -0.766. The minimum absolute atomic E-state index is 0.0872. The van der Waals surface area contributed by atoms with Gasteiger partial charge in [-0.25, -0.2) is 9.78 Å². The van der Waals surface area contributed by atoms with E-state index in [2.05, 4.69) is 10.3 Å². The number of amides is 1. The highest BCUT2D eigenvalue weighted by molar-refractivity contribution is 7.11. The Morgan fingerprint density at radius 2 is 1.86 bits per heavy atom. The van der Waals surface area contributed by atoms with Gasteiger partial charge in [-0.15, -0.1) is 11.3 Å². The van der Waals surface area contributed by atoms with Crippen LogP contribution in [0, 0.1) is 0 Å². The Hall–Kier alpha value is -1.91. The number of alkyl carbamates (subject to hydrolysis) is 1. The molecule has 0 aromatic carbocycles. The molecule has 28 heavy (non-hydrogen) atoms. The maximum atomic E-state index is 12.0. The molecule has 1 aliphatic rings. The van der Waals surface area contributed by atoms with Crippen molar-refractivity contribution in [1.82, 2.24) is 10.3 Å². The fourth-order valence-corrected chi connectivity index (χ4v) is 2.93. The molecule has 1 amide bonds. The Labute approximate surface area is 169 Å². The van der Waals surface area contributed by atoms with Gasteiger partial charge < -0.3 is 29.3 Å². The minimum atomic E-state index is -1.34. The number of aromatic nitrogens is 1. The van der Waals surface area contributed by atoms with E-state index >= 15 is 0 Å². The summed E-state index contributed by atoms with van der Waals surface area (Å²) in [5.74, 6) is -1.34. The largest absolute Gasteiger partial charge is 0.542 e. The van der Waals surface area contributed by atoms with Gasteiger partial charge in [0.05, 0.1) is 16.9 Å². The third-order valence-corrected chi connectivity index (χ3v) is 5.26. The number of aromatic carboxylic acids is 1. The van der Waals surface area contributed by atoms with Crippen LogP contribution in [0.2, 0.25) is 0 Å². The molecular formula is C18H26BN2O6S-. The molecule has 1 fully saturated rings. The Bertz CT molecular complexity index is 765. The molecule has 0 aliphatic carbocycles. The number of ether oxygens (including phenoxy) is 1. The first kappa shape index (κ1) is 22.4. The van der Waals surface area contributed by atoms with E-state index in [4.69, 9.17) is 14.0 Å². The number of carboxylic acid groups (broad SMARTS) is 1. The third-order valence-electron chi connectivity index (χ3n) is 4.42. The second kappa shape index (κ2) is 7.84. The highest BCUT2D eigenvalue weighted by Crippen LogP contribution is 2.38. The fraction of sp³-hybridized carbons (Fsp3) is 0.611. The Kier molecular flexibility index (Phi) is 6.27. The first-order chi connectivity index (χ1) is 12.7. The van der Waals surface area contributed by atoms with Crippen molar-refractivity contribution in [3.63, 3.8) is 0 Å². The number of nitrogens with zero attached hydrogens (tertiary/aromatic N) is 1. The fourth-order valence-electron chi connectivity index (χ4n) is 2.32. The maximum Gasteiger partial charge on any atom is 0.492 e. The predicted octanol–water partition coefficient (Wildman–Crippen LogP) is 2.05.